The van der Waals surface area contributed by atoms with Crippen LogP contribution < -0.4 is 14.8 Å². The Labute approximate surface area is 222 Å². The van der Waals surface area contributed by atoms with Crippen molar-refractivity contribution in [3.05, 3.63) is 111 Å². The number of benzene rings is 3. The summed E-state index contributed by atoms with van der Waals surface area (Å²) in [6, 6.07) is 24.1. The lowest BCUT2D eigenvalue weighted by atomic mass is 10.0. The fourth-order valence-electron chi connectivity index (χ4n) is 4.80. The second kappa shape index (κ2) is 8.78. The number of nitrogens with zero attached hydrogens (tertiary/aromatic N) is 5. The summed E-state index contributed by atoms with van der Waals surface area (Å²) < 4.78 is 9.70. The Morgan fingerprint density at radius 3 is 2.58 bits per heavy atom. The maximum absolute atomic E-state index is 13.3. The number of thiazole rings is 1. The highest BCUT2D eigenvalue weighted by molar-refractivity contribution is 7.15. The zero-order valence-electron chi connectivity index (χ0n) is 20.8. The van der Waals surface area contributed by atoms with Gasteiger partial charge in [0.15, 0.2) is 5.82 Å². The lowest BCUT2D eigenvalue weighted by molar-refractivity contribution is 0.254. The number of ether oxygens (including phenoxy) is 1. The molecule has 8 heteroatoms. The van der Waals surface area contributed by atoms with Crippen LogP contribution in [0, 0.1) is 6.92 Å². The van der Waals surface area contributed by atoms with Crippen LogP contribution >= 0.6 is 11.3 Å². The fraction of sp³-hybridized carbons (Fsp3) is 0.133. The van der Waals surface area contributed by atoms with Crippen molar-refractivity contribution in [1.29, 1.82) is 0 Å². The van der Waals surface area contributed by atoms with Gasteiger partial charge >= 0.3 is 0 Å². The first-order valence-corrected chi connectivity index (χ1v) is 13.3. The molecule has 6 aromatic rings. The van der Waals surface area contributed by atoms with Crippen molar-refractivity contribution >= 4 is 22.4 Å². The van der Waals surface area contributed by atoms with Crippen LogP contribution in [0.2, 0.25) is 0 Å². The number of hydrogen-bond donors (Lipinski definition) is 0. The zero-order chi connectivity index (χ0) is 25.8. The van der Waals surface area contributed by atoms with Gasteiger partial charge in [0.25, 0.3) is 5.56 Å². The molecule has 38 heavy (non-hydrogen) atoms. The van der Waals surface area contributed by atoms with Gasteiger partial charge in [0.05, 0.1) is 10.2 Å². The van der Waals surface area contributed by atoms with Gasteiger partial charge in [-0.05, 0) is 55.8 Å². The van der Waals surface area contributed by atoms with Crippen molar-refractivity contribution in [3.63, 3.8) is 0 Å². The van der Waals surface area contributed by atoms with Crippen molar-refractivity contribution in [2.75, 3.05) is 0 Å². The lowest BCUT2D eigenvalue weighted by Crippen LogP contribution is -2.23. The highest BCUT2D eigenvalue weighted by Crippen LogP contribution is 2.34. The molecule has 0 saturated heterocycles. The summed E-state index contributed by atoms with van der Waals surface area (Å²) >= 11 is 1.33. The van der Waals surface area contributed by atoms with E-state index in [1.165, 1.54) is 21.4 Å². The molecule has 0 aliphatic carbocycles. The Morgan fingerprint density at radius 2 is 1.79 bits per heavy atom. The molecule has 0 fully saturated rings. The van der Waals surface area contributed by atoms with Crippen LogP contribution in [0.15, 0.2) is 83.8 Å². The maximum atomic E-state index is 13.3. The van der Waals surface area contributed by atoms with Crippen molar-refractivity contribution in [3.8, 4) is 34.1 Å². The van der Waals surface area contributed by atoms with Gasteiger partial charge in [0, 0.05) is 29.3 Å². The highest BCUT2D eigenvalue weighted by Gasteiger charge is 2.21. The molecule has 3 aromatic heterocycles. The van der Waals surface area contributed by atoms with Crippen molar-refractivity contribution in [2.24, 2.45) is 0 Å². The number of fused-ring (bicyclic) bond motifs is 2. The van der Waals surface area contributed by atoms with E-state index in [0.29, 0.717) is 15.3 Å². The molecule has 0 amide bonds. The van der Waals surface area contributed by atoms with Gasteiger partial charge in [-0.1, -0.05) is 59.4 Å². The minimum atomic E-state index is -0.189. The molecule has 0 spiro atoms. The first-order chi connectivity index (χ1) is 18.5. The Hall–Kier alpha value is -4.56. The average molecular weight is 518 g/mol. The molecule has 0 saturated carbocycles. The Balaban J connectivity index is 1.35. The second-order valence-electron chi connectivity index (χ2n) is 9.58. The molecule has 1 aliphatic heterocycles. The number of para-hydroxylation sites is 1. The summed E-state index contributed by atoms with van der Waals surface area (Å²) in [6.45, 7) is 4.11. The maximum Gasteiger partial charge on any atom is 0.291 e. The Kier molecular flexibility index (Phi) is 5.23. The molecule has 1 aliphatic rings. The van der Waals surface area contributed by atoms with Gasteiger partial charge in [0.1, 0.15) is 17.5 Å². The van der Waals surface area contributed by atoms with Crippen molar-refractivity contribution in [1.82, 2.24) is 24.4 Å². The summed E-state index contributed by atoms with van der Waals surface area (Å²) in [6.07, 6.45) is 4.88. The highest BCUT2D eigenvalue weighted by atomic mass is 32.1. The van der Waals surface area contributed by atoms with E-state index in [0.717, 1.165) is 45.8 Å². The van der Waals surface area contributed by atoms with E-state index in [2.05, 4.69) is 23.1 Å². The molecule has 186 valence electrons. The van der Waals surface area contributed by atoms with Crippen LogP contribution in [0.25, 0.3) is 39.4 Å². The van der Waals surface area contributed by atoms with Crippen LogP contribution in [0.1, 0.15) is 23.6 Å². The first kappa shape index (κ1) is 22.6. The smallest absolute Gasteiger partial charge is 0.291 e. The van der Waals surface area contributed by atoms with E-state index >= 15 is 0 Å². The molecule has 4 heterocycles. The number of hydrogen-bond acceptors (Lipinski definition) is 6. The molecule has 0 N–H and O–H groups in total. The number of aromatic nitrogens is 5. The van der Waals surface area contributed by atoms with Crippen molar-refractivity contribution < 1.29 is 4.74 Å². The quantitative estimate of drug-likeness (QED) is 0.334. The molecule has 1 unspecified atom stereocenters. The van der Waals surface area contributed by atoms with Crippen molar-refractivity contribution in [2.45, 2.75) is 26.4 Å². The van der Waals surface area contributed by atoms with Gasteiger partial charge in [-0.2, -0.15) is 14.6 Å². The minimum absolute atomic E-state index is 0.163. The third-order valence-electron chi connectivity index (χ3n) is 6.71. The minimum Gasteiger partial charge on any atom is -0.490 e. The van der Waals surface area contributed by atoms with Crippen LogP contribution in [-0.4, -0.2) is 30.5 Å². The Morgan fingerprint density at radius 1 is 1.00 bits per heavy atom. The molecule has 0 radical (unpaired) electrons. The molecular weight excluding hydrogens is 494 g/mol. The van der Waals surface area contributed by atoms with E-state index in [1.807, 2.05) is 90.6 Å². The van der Waals surface area contributed by atoms with Crippen LogP contribution in [0.5, 0.6) is 5.75 Å². The molecule has 0 bridgehead atoms. The predicted octanol–water partition coefficient (Wildman–Crippen LogP) is 4.85. The van der Waals surface area contributed by atoms with Gasteiger partial charge in [-0.15, -0.1) is 5.10 Å². The fourth-order valence-corrected chi connectivity index (χ4v) is 5.70. The SMILES string of the molecule is Cc1ccc(-c2nc3sc(=Cc4cn(-c5ccccc5)nc4-c4ccc5c(c4)CC(C)O5)c(=O)n3n2)cc1. The summed E-state index contributed by atoms with van der Waals surface area (Å²) in [7, 11) is 0. The summed E-state index contributed by atoms with van der Waals surface area (Å²) in [5.74, 6) is 1.47. The average Bonchev–Trinajstić information content (AvgIpc) is 3.69. The standard InChI is InChI=1S/C30H23N5O2S/c1-18-8-10-20(11-9-18)28-31-30-35(33-28)29(36)26(38-30)16-23-17-34(24-6-4-3-5-7-24)32-27(23)21-12-13-25-22(15-21)14-19(2)37-25/h3-13,15-17,19H,14H2,1-2H3. The van der Waals surface area contributed by atoms with Gasteiger partial charge < -0.3 is 4.74 Å². The third kappa shape index (κ3) is 3.90. The van der Waals surface area contributed by atoms with Gasteiger partial charge in [0.2, 0.25) is 4.96 Å². The molecule has 3 aromatic carbocycles. The molecule has 7 rings (SSSR count). The first-order valence-electron chi connectivity index (χ1n) is 12.5. The van der Waals surface area contributed by atoms with Crippen LogP contribution in [0.4, 0.5) is 0 Å². The predicted molar refractivity (Wildman–Crippen MR) is 149 cm³/mol. The summed E-state index contributed by atoms with van der Waals surface area (Å²) in [5.41, 5.74) is 6.60. The topological polar surface area (TPSA) is 74.3 Å². The van der Waals surface area contributed by atoms with Gasteiger partial charge in [-0.3, -0.25) is 4.79 Å². The molecule has 7 nitrogen and oxygen atoms in total. The van der Waals surface area contributed by atoms with E-state index in [4.69, 9.17) is 9.84 Å². The van der Waals surface area contributed by atoms with E-state index in [9.17, 15) is 4.79 Å². The van der Waals surface area contributed by atoms with Gasteiger partial charge in [-0.25, -0.2) is 4.68 Å². The molecular formula is C30H23N5O2S. The number of aryl methyl sites for hydroxylation is 1. The van der Waals surface area contributed by atoms with E-state index in [1.54, 1.807) is 0 Å². The number of rotatable bonds is 4. The monoisotopic (exact) mass is 517 g/mol. The largest absolute Gasteiger partial charge is 0.490 e. The van der Waals surface area contributed by atoms with Crippen LogP contribution in [-0.2, 0) is 6.42 Å². The lowest BCUT2D eigenvalue weighted by Gasteiger charge is -2.04. The third-order valence-corrected chi connectivity index (χ3v) is 7.67. The zero-order valence-corrected chi connectivity index (χ0v) is 21.6. The molecule has 1 atom stereocenters. The summed E-state index contributed by atoms with van der Waals surface area (Å²) in [4.78, 5) is 18.5. The normalized spacial score (nSPS) is 15.2. The second-order valence-corrected chi connectivity index (χ2v) is 10.6. The summed E-state index contributed by atoms with van der Waals surface area (Å²) in [5, 5.41) is 9.44. The van der Waals surface area contributed by atoms with Crippen LogP contribution in [0.3, 0.4) is 0 Å². The Bertz CT molecular complexity index is 1920. The van der Waals surface area contributed by atoms with E-state index in [-0.39, 0.29) is 11.7 Å². The van der Waals surface area contributed by atoms with E-state index < -0.39 is 0 Å².